The molecular formula is C16H25NS. The molecule has 0 N–H and O–H groups in total. The molecule has 2 heteroatoms. The molecule has 0 radical (unpaired) electrons. The van der Waals surface area contributed by atoms with Crippen LogP contribution in [0.3, 0.4) is 0 Å². The van der Waals surface area contributed by atoms with Gasteiger partial charge in [-0.15, -0.1) is 0 Å². The molecule has 0 aromatic rings. The Kier molecular flexibility index (Phi) is 2.78. The van der Waals surface area contributed by atoms with Crippen molar-refractivity contribution in [3.05, 3.63) is 0 Å². The molecule has 0 bridgehead atoms. The molecule has 2 unspecified atom stereocenters. The summed E-state index contributed by atoms with van der Waals surface area (Å²) in [6.07, 6.45) is 5.29. The molecular weight excluding hydrogens is 238 g/mol. The molecule has 3 aliphatic carbocycles. The molecule has 3 aliphatic rings. The van der Waals surface area contributed by atoms with Crippen molar-refractivity contribution in [2.24, 2.45) is 40.0 Å². The van der Waals surface area contributed by atoms with Crippen LogP contribution in [0.4, 0.5) is 0 Å². The summed E-state index contributed by atoms with van der Waals surface area (Å²) in [5.41, 5.74) is 0.681. The first-order chi connectivity index (χ1) is 8.45. The van der Waals surface area contributed by atoms with E-state index in [-0.39, 0.29) is 5.54 Å². The van der Waals surface area contributed by atoms with E-state index in [9.17, 15) is 0 Å². The van der Waals surface area contributed by atoms with Crippen LogP contribution in [-0.2, 0) is 0 Å². The fraction of sp³-hybridized carbons (Fsp3) is 0.938. The van der Waals surface area contributed by atoms with Crippen molar-refractivity contribution in [2.75, 3.05) is 0 Å². The standard InChI is InChI=1S/C16H25NS/c1-10-7-8-16(17-9-18)11(2)5-6-12-14(13(10)16)15(12,3)4/h10-14H,5-8H2,1-4H3/t10-,11-,12?,13+,14?,16-/m0/s1. The van der Waals surface area contributed by atoms with Crippen molar-refractivity contribution in [1.82, 2.24) is 0 Å². The topological polar surface area (TPSA) is 12.4 Å². The van der Waals surface area contributed by atoms with Gasteiger partial charge in [0, 0.05) is 0 Å². The van der Waals surface area contributed by atoms with Crippen LogP contribution >= 0.6 is 12.2 Å². The highest BCUT2D eigenvalue weighted by molar-refractivity contribution is 7.78. The van der Waals surface area contributed by atoms with Crippen molar-refractivity contribution >= 4 is 17.4 Å². The minimum Gasteiger partial charge on any atom is -0.225 e. The zero-order valence-electron chi connectivity index (χ0n) is 12.1. The summed E-state index contributed by atoms with van der Waals surface area (Å²) >= 11 is 4.98. The first kappa shape index (κ1) is 12.8. The van der Waals surface area contributed by atoms with Gasteiger partial charge in [-0.25, -0.2) is 4.99 Å². The number of thiocarbonyl (C=S) groups is 1. The summed E-state index contributed by atoms with van der Waals surface area (Å²) in [4.78, 5) is 4.78. The molecule has 18 heavy (non-hydrogen) atoms. The van der Waals surface area contributed by atoms with Crippen LogP contribution < -0.4 is 0 Å². The molecule has 1 nitrogen and oxygen atoms in total. The maximum Gasteiger partial charge on any atom is 0.0769 e. The van der Waals surface area contributed by atoms with E-state index in [1.807, 2.05) is 0 Å². The summed E-state index contributed by atoms with van der Waals surface area (Å²) in [6.45, 7) is 9.78. The van der Waals surface area contributed by atoms with Crippen LogP contribution in [0, 0.1) is 35.0 Å². The second kappa shape index (κ2) is 3.90. The third-order valence-corrected chi connectivity index (χ3v) is 6.83. The van der Waals surface area contributed by atoms with Gasteiger partial charge >= 0.3 is 0 Å². The van der Waals surface area contributed by atoms with Gasteiger partial charge in [-0.2, -0.15) is 0 Å². The van der Waals surface area contributed by atoms with Gasteiger partial charge in [0.05, 0.1) is 10.7 Å². The van der Waals surface area contributed by atoms with Crippen LogP contribution in [0.25, 0.3) is 0 Å². The third kappa shape index (κ3) is 1.45. The van der Waals surface area contributed by atoms with E-state index < -0.39 is 0 Å². The van der Waals surface area contributed by atoms with Gasteiger partial charge in [0.1, 0.15) is 0 Å². The molecule has 0 saturated heterocycles. The van der Waals surface area contributed by atoms with Crippen LogP contribution in [0.15, 0.2) is 4.99 Å². The second-order valence-corrected chi connectivity index (χ2v) is 7.85. The highest BCUT2D eigenvalue weighted by Crippen LogP contribution is 2.72. The number of fused-ring (bicyclic) bond motifs is 3. The Morgan fingerprint density at radius 1 is 1.11 bits per heavy atom. The Labute approximate surface area is 116 Å². The van der Waals surface area contributed by atoms with E-state index >= 15 is 0 Å². The second-order valence-electron chi connectivity index (χ2n) is 7.67. The summed E-state index contributed by atoms with van der Waals surface area (Å²) < 4.78 is 0. The maximum atomic E-state index is 4.98. The third-order valence-electron chi connectivity index (χ3n) is 6.73. The molecule has 0 amide bonds. The average Bonchev–Trinajstić information content (AvgIpc) is 2.73. The number of isothiocyanates is 1. The van der Waals surface area contributed by atoms with Gasteiger partial charge in [0.25, 0.3) is 0 Å². The number of rotatable bonds is 1. The highest BCUT2D eigenvalue weighted by atomic mass is 32.1. The predicted molar refractivity (Wildman–Crippen MR) is 78.8 cm³/mol. The lowest BCUT2D eigenvalue weighted by atomic mass is 9.71. The van der Waals surface area contributed by atoms with Gasteiger partial charge in [-0.05, 0) is 72.9 Å². The molecule has 0 heterocycles. The Bertz CT molecular complexity index is 409. The fourth-order valence-corrected chi connectivity index (χ4v) is 5.76. The summed E-state index contributed by atoms with van der Waals surface area (Å²) in [6, 6.07) is 0. The monoisotopic (exact) mass is 263 g/mol. The van der Waals surface area contributed by atoms with E-state index in [0.717, 1.165) is 23.7 Å². The number of hydrogen-bond acceptors (Lipinski definition) is 2. The summed E-state index contributed by atoms with van der Waals surface area (Å²) in [5, 5.41) is 2.75. The minimum atomic E-state index is 0.133. The fourth-order valence-electron chi connectivity index (χ4n) is 5.59. The van der Waals surface area contributed by atoms with Crippen LogP contribution in [0.5, 0.6) is 0 Å². The lowest BCUT2D eigenvalue weighted by molar-refractivity contribution is 0.163. The summed E-state index contributed by atoms with van der Waals surface area (Å²) in [5.74, 6) is 4.07. The Balaban J connectivity index is 2.06. The van der Waals surface area contributed by atoms with Gasteiger partial charge in [0.2, 0.25) is 0 Å². The van der Waals surface area contributed by atoms with Crippen molar-refractivity contribution in [3.8, 4) is 0 Å². The van der Waals surface area contributed by atoms with Crippen molar-refractivity contribution < 1.29 is 0 Å². The van der Waals surface area contributed by atoms with Crippen LogP contribution in [-0.4, -0.2) is 10.7 Å². The molecule has 3 rings (SSSR count). The molecule has 3 saturated carbocycles. The smallest absolute Gasteiger partial charge is 0.0769 e. The molecule has 0 aliphatic heterocycles. The zero-order valence-corrected chi connectivity index (χ0v) is 12.9. The van der Waals surface area contributed by atoms with E-state index in [1.165, 1.54) is 25.7 Å². The quantitative estimate of drug-likeness (QED) is 0.498. The first-order valence-electron chi connectivity index (χ1n) is 7.54. The largest absolute Gasteiger partial charge is 0.225 e. The predicted octanol–water partition coefficient (Wildman–Crippen LogP) is 4.58. The van der Waals surface area contributed by atoms with Crippen molar-refractivity contribution in [1.29, 1.82) is 0 Å². The van der Waals surface area contributed by atoms with Gasteiger partial charge < -0.3 is 0 Å². The van der Waals surface area contributed by atoms with Crippen molar-refractivity contribution in [3.63, 3.8) is 0 Å². The number of hydrogen-bond donors (Lipinski definition) is 0. The highest BCUT2D eigenvalue weighted by Gasteiger charge is 2.69. The molecule has 6 atom stereocenters. The SMILES string of the molecule is C[C@H]1CC[C@]2(N=C=S)[C@@H](C)CCC3C([C@@H]12)C3(C)C. The van der Waals surface area contributed by atoms with Crippen molar-refractivity contribution in [2.45, 2.75) is 58.9 Å². The zero-order chi connectivity index (χ0) is 13.1. The van der Waals surface area contributed by atoms with E-state index in [0.29, 0.717) is 11.3 Å². The number of nitrogens with zero attached hydrogens (tertiary/aromatic N) is 1. The molecule has 0 aromatic carbocycles. The van der Waals surface area contributed by atoms with Crippen LogP contribution in [0.2, 0.25) is 0 Å². The average molecular weight is 263 g/mol. The van der Waals surface area contributed by atoms with E-state index in [1.54, 1.807) is 0 Å². The first-order valence-corrected chi connectivity index (χ1v) is 7.95. The Hall–Kier alpha value is -0.200. The minimum absolute atomic E-state index is 0.133. The Morgan fingerprint density at radius 2 is 1.83 bits per heavy atom. The van der Waals surface area contributed by atoms with Crippen LogP contribution in [0.1, 0.15) is 53.4 Å². The molecule has 0 spiro atoms. The van der Waals surface area contributed by atoms with E-state index in [2.05, 4.69) is 32.9 Å². The van der Waals surface area contributed by atoms with E-state index in [4.69, 9.17) is 17.2 Å². The maximum absolute atomic E-state index is 4.98. The molecule has 100 valence electrons. The molecule has 3 fully saturated rings. The van der Waals surface area contributed by atoms with Gasteiger partial charge in [-0.3, -0.25) is 0 Å². The normalized spacial score (nSPS) is 52.8. The lowest BCUT2D eigenvalue weighted by Gasteiger charge is -2.38. The Morgan fingerprint density at radius 3 is 2.50 bits per heavy atom. The number of aliphatic imine (C=N–C) groups is 1. The summed E-state index contributed by atoms with van der Waals surface area (Å²) in [7, 11) is 0. The lowest BCUT2D eigenvalue weighted by Crippen LogP contribution is -2.41. The van der Waals surface area contributed by atoms with Gasteiger partial charge in [-0.1, -0.05) is 27.7 Å². The van der Waals surface area contributed by atoms with Gasteiger partial charge in [0.15, 0.2) is 0 Å². The molecule has 0 aromatic heterocycles.